The lowest BCUT2D eigenvalue weighted by molar-refractivity contribution is 0.691. The van der Waals surface area contributed by atoms with Crippen LogP contribution in [0.5, 0.6) is 0 Å². The van der Waals surface area contributed by atoms with Crippen molar-refractivity contribution >= 4 is 27.9 Å². The number of aromatic nitrogens is 2. The molecule has 3 rings (SSSR count). The van der Waals surface area contributed by atoms with E-state index in [1.807, 2.05) is 0 Å². The SMILES string of the molecule is ClC1C=C(Cc2cn3ccsc3n2)CCC1. The van der Waals surface area contributed by atoms with E-state index in [2.05, 4.69) is 33.2 Å². The summed E-state index contributed by atoms with van der Waals surface area (Å²) in [6.07, 6.45) is 10.8. The number of rotatable bonds is 2. The predicted octanol–water partition coefficient (Wildman–Crippen LogP) is 3.66. The van der Waals surface area contributed by atoms with Gasteiger partial charge in [-0.2, -0.15) is 0 Å². The van der Waals surface area contributed by atoms with Crippen molar-refractivity contribution in [3.63, 3.8) is 0 Å². The van der Waals surface area contributed by atoms with Crippen LogP contribution < -0.4 is 0 Å². The molecule has 0 aliphatic heterocycles. The van der Waals surface area contributed by atoms with Gasteiger partial charge in [0.1, 0.15) is 0 Å². The average molecular weight is 253 g/mol. The smallest absolute Gasteiger partial charge is 0.193 e. The Morgan fingerprint density at radius 2 is 2.50 bits per heavy atom. The second-order valence-electron chi connectivity index (χ2n) is 4.24. The lowest BCUT2D eigenvalue weighted by Crippen LogP contribution is -2.05. The van der Waals surface area contributed by atoms with Crippen LogP contribution in [0.15, 0.2) is 29.4 Å². The maximum absolute atomic E-state index is 6.14. The molecule has 2 aromatic heterocycles. The fourth-order valence-electron chi connectivity index (χ4n) is 2.19. The second-order valence-corrected chi connectivity index (χ2v) is 5.67. The Kier molecular flexibility index (Phi) is 2.74. The fraction of sp³-hybridized carbons (Fsp3) is 0.417. The Bertz CT molecular complexity index is 497. The molecule has 1 atom stereocenters. The van der Waals surface area contributed by atoms with Crippen molar-refractivity contribution in [2.24, 2.45) is 0 Å². The minimum Gasteiger partial charge on any atom is -0.297 e. The van der Waals surface area contributed by atoms with Gasteiger partial charge in [0.2, 0.25) is 0 Å². The summed E-state index contributed by atoms with van der Waals surface area (Å²) in [6, 6.07) is 0. The van der Waals surface area contributed by atoms with Crippen molar-refractivity contribution in [1.29, 1.82) is 0 Å². The van der Waals surface area contributed by atoms with Crippen LogP contribution in [0.2, 0.25) is 0 Å². The Hall–Kier alpha value is -0.800. The van der Waals surface area contributed by atoms with E-state index >= 15 is 0 Å². The van der Waals surface area contributed by atoms with Crippen LogP contribution in [0.1, 0.15) is 25.0 Å². The number of nitrogens with zero attached hydrogens (tertiary/aromatic N) is 2. The van der Waals surface area contributed by atoms with Gasteiger partial charge in [-0.3, -0.25) is 4.40 Å². The molecule has 0 aromatic carbocycles. The van der Waals surface area contributed by atoms with E-state index in [-0.39, 0.29) is 5.38 Å². The third-order valence-corrected chi connectivity index (χ3v) is 4.06. The van der Waals surface area contributed by atoms with Gasteiger partial charge in [0.25, 0.3) is 0 Å². The monoisotopic (exact) mass is 252 g/mol. The molecule has 0 N–H and O–H groups in total. The van der Waals surface area contributed by atoms with Crippen molar-refractivity contribution < 1.29 is 0 Å². The molecule has 4 heteroatoms. The van der Waals surface area contributed by atoms with Gasteiger partial charge in [-0.05, 0) is 19.3 Å². The molecule has 2 heterocycles. The summed E-state index contributed by atoms with van der Waals surface area (Å²) >= 11 is 7.81. The molecular weight excluding hydrogens is 240 g/mol. The summed E-state index contributed by atoms with van der Waals surface area (Å²) in [7, 11) is 0. The van der Waals surface area contributed by atoms with E-state index in [9.17, 15) is 0 Å². The third kappa shape index (κ3) is 2.02. The number of fused-ring (bicyclic) bond motifs is 1. The Morgan fingerprint density at radius 3 is 3.31 bits per heavy atom. The van der Waals surface area contributed by atoms with Crippen molar-refractivity contribution in [3.8, 4) is 0 Å². The number of halogens is 1. The second kappa shape index (κ2) is 4.22. The molecule has 0 radical (unpaired) electrons. The first-order valence-electron chi connectivity index (χ1n) is 5.56. The van der Waals surface area contributed by atoms with Gasteiger partial charge in [0, 0.05) is 24.2 Å². The van der Waals surface area contributed by atoms with Crippen LogP contribution in [-0.2, 0) is 6.42 Å². The number of alkyl halides is 1. The lowest BCUT2D eigenvalue weighted by atomic mass is 9.96. The van der Waals surface area contributed by atoms with Crippen LogP contribution in [-0.4, -0.2) is 14.8 Å². The standard InChI is InChI=1S/C12H13ClN2S/c13-10-3-1-2-9(6-10)7-11-8-15-4-5-16-12(15)14-11/h4-6,8,10H,1-3,7H2. The van der Waals surface area contributed by atoms with Gasteiger partial charge < -0.3 is 0 Å². The van der Waals surface area contributed by atoms with Crippen molar-refractivity contribution in [2.45, 2.75) is 31.1 Å². The molecule has 0 bridgehead atoms. The first-order valence-corrected chi connectivity index (χ1v) is 6.87. The van der Waals surface area contributed by atoms with E-state index in [4.69, 9.17) is 11.6 Å². The Balaban J connectivity index is 1.81. The topological polar surface area (TPSA) is 17.3 Å². The molecule has 0 amide bonds. The summed E-state index contributed by atoms with van der Waals surface area (Å²) in [5.74, 6) is 0. The van der Waals surface area contributed by atoms with Crippen LogP contribution in [0.4, 0.5) is 0 Å². The maximum Gasteiger partial charge on any atom is 0.193 e. The highest BCUT2D eigenvalue weighted by Gasteiger charge is 2.12. The zero-order chi connectivity index (χ0) is 11.0. The third-order valence-electron chi connectivity index (χ3n) is 2.95. The number of hydrogen-bond donors (Lipinski definition) is 0. The molecule has 0 saturated carbocycles. The van der Waals surface area contributed by atoms with Crippen molar-refractivity contribution in [1.82, 2.24) is 9.38 Å². The largest absolute Gasteiger partial charge is 0.297 e. The zero-order valence-corrected chi connectivity index (χ0v) is 10.5. The fourth-order valence-corrected chi connectivity index (χ4v) is 3.24. The first kappa shape index (κ1) is 10.4. The molecule has 1 aliphatic carbocycles. The van der Waals surface area contributed by atoms with Crippen LogP contribution >= 0.6 is 22.9 Å². The maximum atomic E-state index is 6.14. The lowest BCUT2D eigenvalue weighted by Gasteiger charge is -2.15. The zero-order valence-electron chi connectivity index (χ0n) is 8.90. The van der Waals surface area contributed by atoms with Gasteiger partial charge in [0.15, 0.2) is 4.96 Å². The van der Waals surface area contributed by atoms with Crippen LogP contribution in [0.3, 0.4) is 0 Å². The number of imidazole rings is 1. The molecule has 0 saturated heterocycles. The molecule has 16 heavy (non-hydrogen) atoms. The first-order chi connectivity index (χ1) is 7.81. The van der Waals surface area contributed by atoms with Crippen LogP contribution in [0.25, 0.3) is 4.96 Å². The van der Waals surface area contributed by atoms with Gasteiger partial charge in [-0.25, -0.2) is 4.98 Å². The van der Waals surface area contributed by atoms with Gasteiger partial charge in [-0.15, -0.1) is 22.9 Å². The van der Waals surface area contributed by atoms with Gasteiger partial charge in [0.05, 0.1) is 11.1 Å². The molecule has 2 aromatic rings. The molecule has 84 valence electrons. The molecule has 1 unspecified atom stereocenters. The highest BCUT2D eigenvalue weighted by Crippen LogP contribution is 2.24. The van der Waals surface area contributed by atoms with E-state index in [0.717, 1.165) is 23.5 Å². The van der Waals surface area contributed by atoms with E-state index in [0.29, 0.717) is 0 Å². The summed E-state index contributed by atoms with van der Waals surface area (Å²) in [6.45, 7) is 0. The van der Waals surface area contributed by atoms with E-state index < -0.39 is 0 Å². The number of allylic oxidation sites excluding steroid dienone is 2. The summed E-state index contributed by atoms with van der Waals surface area (Å²) in [5, 5.41) is 2.29. The van der Waals surface area contributed by atoms with Crippen LogP contribution in [0, 0.1) is 0 Å². The van der Waals surface area contributed by atoms with E-state index in [1.54, 1.807) is 11.3 Å². The number of thiazole rings is 1. The Morgan fingerprint density at radius 1 is 1.56 bits per heavy atom. The van der Waals surface area contributed by atoms with Gasteiger partial charge in [-0.1, -0.05) is 11.6 Å². The van der Waals surface area contributed by atoms with Crippen molar-refractivity contribution in [3.05, 3.63) is 35.1 Å². The molecule has 0 fully saturated rings. The Labute approximate surface area is 104 Å². The molecular formula is C12H13ClN2S. The summed E-state index contributed by atoms with van der Waals surface area (Å²) < 4.78 is 2.08. The quantitative estimate of drug-likeness (QED) is 0.589. The molecule has 0 spiro atoms. The summed E-state index contributed by atoms with van der Waals surface area (Å²) in [4.78, 5) is 5.67. The van der Waals surface area contributed by atoms with E-state index in [1.165, 1.54) is 18.4 Å². The predicted molar refractivity (Wildman–Crippen MR) is 68.3 cm³/mol. The molecule has 2 nitrogen and oxygen atoms in total. The minimum atomic E-state index is 0.229. The average Bonchev–Trinajstić information content (AvgIpc) is 2.77. The number of hydrogen-bond acceptors (Lipinski definition) is 2. The highest BCUT2D eigenvalue weighted by atomic mass is 35.5. The normalized spacial score (nSPS) is 21.3. The minimum absolute atomic E-state index is 0.229. The van der Waals surface area contributed by atoms with Crippen molar-refractivity contribution in [2.75, 3.05) is 0 Å². The molecule has 1 aliphatic rings. The van der Waals surface area contributed by atoms with Gasteiger partial charge >= 0.3 is 0 Å². The highest BCUT2D eigenvalue weighted by molar-refractivity contribution is 7.15. The summed E-state index contributed by atoms with van der Waals surface area (Å²) in [5.41, 5.74) is 2.60.